The first-order chi connectivity index (χ1) is 9.09. The van der Waals surface area contributed by atoms with E-state index in [1.807, 2.05) is 30.3 Å². The summed E-state index contributed by atoms with van der Waals surface area (Å²) < 4.78 is 37.4. The van der Waals surface area contributed by atoms with Gasteiger partial charge in [0.15, 0.2) is 9.84 Å². The van der Waals surface area contributed by atoms with Crippen LogP contribution in [0.2, 0.25) is 0 Å². The lowest BCUT2D eigenvalue weighted by molar-refractivity contribution is 0.568. The van der Waals surface area contributed by atoms with E-state index >= 15 is 0 Å². The van der Waals surface area contributed by atoms with Crippen molar-refractivity contribution in [2.45, 2.75) is 9.79 Å². The zero-order chi connectivity index (χ0) is 13.7. The predicted molar refractivity (Wildman–Crippen MR) is 75.6 cm³/mol. The molecule has 0 saturated heterocycles. The van der Waals surface area contributed by atoms with Crippen LogP contribution in [0.5, 0.6) is 0 Å². The molecule has 0 aliphatic heterocycles. The van der Waals surface area contributed by atoms with E-state index in [0.29, 0.717) is 5.75 Å². The van der Waals surface area contributed by atoms with E-state index in [4.69, 9.17) is 0 Å². The molecule has 0 heterocycles. The second-order valence-corrected chi connectivity index (χ2v) is 7.16. The van der Waals surface area contributed by atoms with Crippen LogP contribution < -0.4 is 0 Å². The van der Waals surface area contributed by atoms with Crippen LogP contribution >= 0.6 is 11.8 Å². The molecule has 19 heavy (non-hydrogen) atoms. The minimum absolute atomic E-state index is 0.0759. The molecule has 2 nitrogen and oxygen atoms in total. The first kappa shape index (κ1) is 14.1. The van der Waals surface area contributed by atoms with Crippen LogP contribution in [0.4, 0.5) is 4.39 Å². The number of sulfone groups is 1. The Balaban J connectivity index is 2.01. The molecule has 0 bridgehead atoms. The van der Waals surface area contributed by atoms with Crippen LogP contribution in [-0.4, -0.2) is 19.9 Å². The number of thioether (sulfide) groups is 1. The number of hydrogen-bond donors (Lipinski definition) is 0. The van der Waals surface area contributed by atoms with Gasteiger partial charge in [-0.25, -0.2) is 12.8 Å². The molecule has 0 saturated carbocycles. The SMILES string of the molecule is O=S(=O)(CCSc1ccccc1)c1ccccc1F. The minimum atomic E-state index is -3.56. The maximum atomic E-state index is 13.4. The summed E-state index contributed by atoms with van der Waals surface area (Å²) in [6.07, 6.45) is 0. The fraction of sp³-hybridized carbons (Fsp3) is 0.143. The molecule has 2 aromatic rings. The van der Waals surface area contributed by atoms with E-state index < -0.39 is 15.7 Å². The summed E-state index contributed by atoms with van der Waals surface area (Å²) >= 11 is 1.45. The lowest BCUT2D eigenvalue weighted by Gasteiger charge is -2.05. The van der Waals surface area contributed by atoms with Gasteiger partial charge in [0.1, 0.15) is 10.7 Å². The first-order valence-electron chi connectivity index (χ1n) is 5.75. The van der Waals surface area contributed by atoms with E-state index in [1.165, 1.54) is 30.0 Å². The maximum Gasteiger partial charge on any atom is 0.182 e. The minimum Gasteiger partial charge on any atom is -0.224 e. The summed E-state index contributed by atoms with van der Waals surface area (Å²) in [4.78, 5) is 0.787. The number of rotatable bonds is 5. The summed E-state index contributed by atoms with van der Waals surface area (Å²) in [7, 11) is -3.56. The van der Waals surface area contributed by atoms with Gasteiger partial charge in [-0.3, -0.25) is 0 Å². The standard InChI is InChI=1S/C14H13FO2S2/c15-13-8-4-5-9-14(13)19(16,17)11-10-18-12-6-2-1-3-7-12/h1-9H,10-11H2. The molecule has 0 radical (unpaired) electrons. The topological polar surface area (TPSA) is 34.1 Å². The summed E-state index contributed by atoms with van der Waals surface area (Å²) in [6, 6.07) is 15.0. The van der Waals surface area contributed by atoms with Gasteiger partial charge in [-0.1, -0.05) is 30.3 Å². The second kappa shape index (κ2) is 6.21. The van der Waals surface area contributed by atoms with Gasteiger partial charge in [0.25, 0.3) is 0 Å². The molecule has 0 fully saturated rings. The number of halogens is 1. The largest absolute Gasteiger partial charge is 0.224 e. The Morgan fingerprint density at radius 3 is 2.26 bits per heavy atom. The lowest BCUT2D eigenvalue weighted by Crippen LogP contribution is -2.10. The molecule has 0 aromatic heterocycles. The van der Waals surface area contributed by atoms with Crippen molar-refractivity contribution in [3.05, 3.63) is 60.4 Å². The van der Waals surface area contributed by atoms with E-state index in [-0.39, 0.29) is 10.6 Å². The van der Waals surface area contributed by atoms with Gasteiger partial charge in [0.05, 0.1) is 5.75 Å². The Bertz CT molecular complexity index is 640. The fourth-order valence-corrected chi connectivity index (χ4v) is 4.26. The van der Waals surface area contributed by atoms with E-state index in [0.717, 1.165) is 11.0 Å². The van der Waals surface area contributed by atoms with Gasteiger partial charge >= 0.3 is 0 Å². The fourth-order valence-electron chi connectivity index (χ4n) is 1.59. The van der Waals surface area contributed by atoms with Crippen molar-refractivity contribution in [3.8, 4) is 0 Å². The normalized spacial score (nSPS) is 11.4. The van der Waals surface area contributed by atoms with Crippen LogP contribution in [0.3, 0.4) is 0 Å². The molecule has 2 rings (SSSR count). The van der Waals surface area contributed by atoms with Gasteiger partial charge in [-0.05, 0) is 24.3 Å². The lowest BCUT2D eigenvalue weighted by atomic mass is 10.3. The van der Waals surface area contributed by atoms with Crippen molar-refractivity contribution < 1.29 is 12.8 Å². The summed E-state index contributed by atoms with van der Waals surface area (Å²) in [6.45, 7) is 0. The molecule has 2 aromatic carbocycles. The highest BCUT2D eigenvalue weighted by Gasteiger charge is 2.18. The monoisotopic (exact) mass is 296 g/mol. The third-order valence-corrected chi connectivity index (χ3v) is 5.55. The van der Waals surface area contributed by atoms with Crippen molar-refractivity contribution in [1.82, 2.24) is 0 Å². The average Bonchev–Trinajstić information content (AvgIpc) is 2.40. The quantitative estimate of drug-likeness (QED) is 0.793. The van der Waals surface area contributed by atoms with Crippen LogP contribution in [0.25, 0.3) is 0 Å². The summed E-state index contributed by atoms with van der Waals surface area (Å²) in [5.74, 6) is -0.360. The van der Waals surface area contributed by atoms with Crippen molar-refractivity contribution in [2.24, 2.45) is 0 Å². The highest BCUT2D eigenvalue weighted by molar-refractivity contribution is 8.00. The van der Waals surface area contributed by atoms with Crippen molar-refractivity contribution in [2.75, 3.05) is 11.5 Å². The van der Waals surface area contributed by atoms with Crippen LogP contribution in [0, 0.1) is 5.82 Å². The molecule has 0 spiro atoms. The van der Waals surface area contributed by atoms with Crippen LogP contribution in [0.1, 0.15) is 0 Å². The molecule has 0 aliphatic carbocycles. The number of hydrogen-bond acceptors (Lipinski definition) is 3. The molecule has 0 N–H and O–H groups in total. The smallest absolute Gasteiger partial charge is 0.182 e. The Hall–Kier alpha value is -1.33. The highest BCUT2D eigenvalue weighted by atomic mass is 32.2. The zero-order valence-electron chi connectivity index (χ0n) is 10.1. The molecule has 0 aliphatic rings. The van der Waals surface area contributed by atoms with Gasteiger partial charge < -0.3 is 0 Å². The molecule has 100 valence electrons. The van der Waals surface area contributed by atoms with Gasteiger partial charge in [0.2, 0.25) is 0 Å². The first-order valence-corrected chi connectivity index (χ1v) is 8.38. The maximum absolute atomic E-state index is 13.4. The van der Waals surface area contributed by atoms with Crippen molar-refractivity contribution in [1.29, 1.82) is 0 Å². The van der Waals surface area contributed by atoms with E-state index in [2.05, 4.69) is 0 Å². The molecule has 0 amide bonds. The number of benzene rings is 2. The molecule has 0 unspecified atom stereocenters. The van der Waals surface area contributed by atoms with Crippen LogP contribution in [-0.2, 0) is 9.84 Å². The molecular formula is C14H13FO2S2. The average molecular weight is 296 g/mol. The Morgan fingerprint density at radius 1 is 0.947 bits per heavy atom. The Kier molecular flexibility index (Phi) is 4.61. The molecule has 5 heteroatoms. The molecular weight excluding hydrogens is 283 g/mol. The third-order valence-electron chi connectivity index (χ3n) is 2.54. The van der Waals surface area contributed by atoms with Crippen molar-refractivity contribution >= 4 is 21.6 Å². The van der Waals surface area contributed by atoms with Crippen LogP contribution in [0.15, 0.2) is 64.4 Å². The van der Waals surface area contributed by atoms with Gasteiger partial charge in [0, 0.05) is 10.6 Å². The predicted octanol–water partition coefficient (Wildman–Crippen LogP) is 3.39. The summed E-state index contributed by atoms with van der Waals surface area (Å²) in [5, 5.41) is 0. The van der Waals surface area contributed by atoms with Crippen molar-refractivity contribution in [3.63, 3.8) is 0 Å². The van der Waals surface area contributed by atoms with Gasteiger partial charge in [-0.15, -0.1) is 11.8 Å². The molecule has 0 atom stereocenters. The third kappa shape index (κ3) is 3.81. The summed E-state index contributed by atoms with van der Waals surface area (Å²) in [5.41, 5.74) is 0. The van der Waals surface area contributed by atoms with E-state index in [9.17, 15) is 12.8 Å². The Morgan fingerprint density at radius 2 is 1.58 bits per heavy atom. The van der Waals surface area contributed by atoms with E-state index in [1.54, 1.807) is 0 Å². The Labute approximate surface area is 116 Å². The second-order valence-electron chi connectivity index (χ2n) is 3.91. The highest BCUT2D eigenvalue weighted by Crippen LogP contribution is 2.20. The van der Waals surface area contributed by atoms with Gasteiger partial charge in [-0.2, -0.15) is 0 Å². The zero-order valence-corrected chi connectivity index (χ0v) is 11.8.